The molecule has 2 aromatic rings. The van der Waals surface area contributed by atoms with E-state index >= 15 is 0 Å². The molecule has 2 unspecified atom stereocenters. The van der Waals surface area contributed by atoms with Crippen molar-refractivity contribution in [1.82, 2.24) is 15.5 Å². The molecule has 1 fully saturated rings. The van der Waals surface area contributed by atoms with Gasteiger partial charge in [0.1, 0.15) is 0 Å². The predicted octanol–water partition coefficient (Wildman–Crippen LogP) is 3.25. The minimum atomic E-state index is -0.239. The van der Waals surface area contributed by atoms with Crippen LogP contribution < -0.4 is 5.32 Å². The number of nitrogens with one attached hydrogen (secondary N) is 1. The van der Waals surface area contributed by atoms with Gasteiger partial charge in [0.05, 0.1) is 11.3 Å². The van der Waals surface area contributed by atoms with Crippen LogP contribution in [0.5, 0.6) is 0 Å². The van der Waals surface area contributed by atoms with Crippen LogP contribution >= 0.6 is 0 Å². The van der Waals surface area contributed by atoms with Crippen molar-refractivity contribution in [3.8, 4) is 0 Å². The smallest absolute Gasteiger partial charge is 0.231 e. The highest BCUT2D eigenvalue weighted by molar-refractivity contribution is 5.30. The topological polar surface area (TPSA) is 51.0 Å². The Morgan fingerprint density at radius 2 is 1.95 bits per heavy atom. The van der Waals surface area contributed by atoms with Gasteiger partial charge in [0.25, 0.3) is 0 Å². The van der Waals surface area contributed by atoms with E-state index in [4.69, 9.17) is 9.51 Å². The van der Waals surface area contributed by atoms with E-state index in [1.807, 2.05) is 25.2 Å². The van der Waals surface area contributed by atoms with Gasteiger partial charge in [-0.25, -0.2) is 0 Å². The monoisotopic (exact) mass is 285 g/mol. The Hall–Kier alpha value is -1.68. The maximum Gasteiger partial charge on any atom is 0.231 e. The van der Waals surface area contributed by atoms with Gasteiger partial charge < -0.3 is 9.84 Å². The summed E-state index contributed by atoms with van der Waals surface area (Å²) < 4.78 is 5.59. The maximum absolute atomic E-state index is 5.59. The highest BCUT2D eigenvalue weighted by atomic mass is 16.5. The van der Waals surface area contributed by atoms with E-state index in [9.17, 15) is 0 Å². The van der Waals surface area contributed by atoms with Crippen LogP contribution in [0.3, 0.4) is 0 Å². The van der Waals surface area contributed by atoms with Crippen molar-refractivity contribution in [2.24, 2.45) is 0 Å². The molecule has 1 aliphatic carbocycles. The lowest BCUT2D eigenvalue weighted by molar-refractivity contribution is 0.329. The Balaban J connectivity index is 1.88. The summed E-state index contributed by atoms with van der Waals surface area (Å²) >= 11 is 0. The largest absolute Gasteiger partial charge is 0.339 e. The van der Waals surface area contributed by atoms with Gasteiger partial charge in [-0.1, -0.05) is 41.9 Å². The van der Waals surface area contributed by atoms with Crippen LogP contribution in [0.15, 0.2) is 34.9 Å². The van der Waals surface area contributed by atoms with Crippen molar-refractivity contribution in [3.05, 3.63) is 47.6 Å². The highest BCUT2D eigenvalue weighted by Crippen LogP contribution is 2.35. The molecule has 21 heavy (non-hydrogen) atoms. The van der Waals surface area contributed by atoms with Gasteiger partial charge >= 0.3 is 0 Å². The number of benzene rings is 1. The molecule has 1 aliphatic rings. The summed E-state index contributed by atoms with van der Waals surface area (Å²) in [7, 11) is 2.01. The number of hydrogen-bond acceptors (Lipinski definition) is 4. The second kappa shape index (κ2) is 5.60. The number of hydrogen-bond donors (Lipinski definition) is 1. The van der Waals surface area contributed by atoms with Crippen LogP contribution in [0.1, 0.15) is 56.3 Å². The summed E-state index contributed by atoms with van der Waals surface area (Å²) in [5, 5.41) is 7.63. The van der Waals surface area contributed by atoms with Gasteiger partial charge in [-0.3, -0.25) is 0 Å². The summed E-state index contributed by atoms with van der Waals surface area (Å²) in [6.45, 7) is 4.28. The Morgan fingerprint density at radius 1 is 1.19 bits per heavy atom. The predicted molar refractivity (Wildman–Crippen MR) is 82.3 cm³/mol. The van der Waals surface area contributed by atoms with E-state index in [1.54, 1.807) is 0 Å². The van der Waals surface area contributed by atoms with Gasteiger partial charge in [0.15, 0.2) is 5.82 Å². The van der Waals surface area contributed by atoms with Crippen LogP contribution in [0, 0.1) is 0 Å². The van der Waals surface area contributed by atoms with Crippen molar-refractivity contribution in [2.45, 2.75) is 50.5 Å². The maximum atomic E-state index is 5.59. The van der Waals surface area contributed by atoms with Gasteiger partial charge in [-0.05, 0) is 39.3 Å². The SMILES string of the molecule is CNC1CCCC1c1nc(C(C)(C)c2ccccc2)no1. The summed E-state index contributed by atoms with van der Waals surface area (Å²) in [6, 6.07) is 10.8. The second-order valence-electron chi connectivity index (χ2n) is 6.38. The first-order chi connectivity index (χ1) is 10.1. The van der Waals surface area contributed by atoms with Crippen molar-refractivity contribution < 1.29 is 4.52 Å². The van der Waals surface area contributed by atoms with Crippen LogP contribution in [0.2, 0.25) is 0 Å². The van der Waals surface area contributed by atoms with E-state index in [-0.39, 0.29) is 5.41 Å². The fourth-order valence-corrected chi connectivity index (χ4v) is 3.22. The van der Waals surface area contributed by atoms with Crippen molar-refractivity contribution in [1.29, 1.82) is 0 Å². The van der Waals surface area contributed by atoms with E-state index in [1.165, 1.54) is 18.4 Å². The quantitative estimate of drug-likeness (QED) is 0.937. The minimum absolute atomic E-state index is 0.239. The summed E-state index contributed by atoms with van der Waals surface area (Å²) in [5.74, 6) is 1.90. The molecule has 0 aliphatic heterocycles. The molecule has 4 heteroatoms. The first-order valence-electron chi connectivity index (χ1n) is 7.70. The highest BCUT2D eigenvalue weighted by Gasteiger charge is 2.34. The zero-order valence-corrected chi connectivity index (χ0v) is 13.0. The van der Waals surface area contributed by atoms with Crippen LogP contribution in [-0.2, 0) is 5.41 Å². The Labute approximate surface area is 126 Å². The molecular weight excluding hydrogens is 262 g/mol. The Kier molecular flexibility index (Phi) is 3.81. The van der Waals surface area contributed by atoms with E-state index in [0.29, 0.717) is 12.0 Å². The van der Waals surface area contributed by atoms with Gasteiger partial charge in [0.2, 0.25) is 5.89 Å². The fourth-order valence-electron chi connectivity index (χ4n) is 3.22. The standard InChI is InChI=1S/C17H23N3O/c1-17(2,12-8-5-4-6-9-12)16-19-15(21-20-16)13-10-7-11-14(13)18-3/h4-6,8-9,13-14,18H,7,10-11H2,1-3H3. The van der Waals surface area contributed by atoms with Crippen LogP contribution in [0.4, 0.5) is 0 Å². The summed E-state index contributed by atoms with van der Waals surface area (Å²) in [5.41, 5.74) is 0.963. The number of likely N-dealkylation sites (N-methyl/N-ethyl adjacent to an activating group) is 1. The molecule has 3 rings (SSSR count). The molecule has 1 aromatic carbocycles. The van der Waals surface area contributed by atoms with Crippen molar-refractivity contribution in [3.63, 3.8) is 0 Å². The minimum Gasteiger partial charge on any atom is -0.339 e. The average molecular weight is 285 g/mol. The van der Waals surface area contributed by atoms with Gasteiger partial charge in [-0.2, -0.15) is 4.98 Å². The van der Waals surface area contributed by atoms with Crippen molar-refractivity contribution in [2.75, 3.05) is 7.05 Å². The van der Waals surface area contributed by atoms with Crippen LogP contribution in [0.25, 0.3) is 0 Å². The summed E-state index contributed by atoms with van der Waals surface area (Å²) in [6.07, 6.45) is 3.52. The van der Waals surface area contributed by atoms with E-state index < -0.39 is 0 Å². The Bertz CT molecular complexity index is 591. The van der Waals surface area contributed by atoms with Crippen LogP contribution in [-0.4, -0.2) is 23.2 Å². The molecule has 1 saturated carbocycles. The molecule has 1 aromatic heterocycles. The first kappa shape index (κ1) is 14.3. The molecule has 4 nitrogen and oxygen atoms in total. The molecule has 0 spiro atoms. The lowest BCUT2D eigenvalue weighted by Gasteiger charge is -2.20. The zero-order valence-electron chi connectivity index (χ0n) is 13.0. The number of aromatic nitrogens is 2. The number of nitrogens with zero attached hydrogens (tertiary/aromatic N) is 2. The second-order valence-corrected chi connectivity index (χ2v) is 6.38. The molecule has 0 amide bonds. The van der Waals surface area contributed by atoms with Crippen molar-refractivity contribution >= 4 is 0 Å². The lowest BCUT2D eigenvalue weighted by Crippen LogP contribution is -2.28. The van der Waals surface area contributed by atoms with Gasteiger partial charge in [-0.15, -0.1) is 0 Å². The molecule has 2 atom stereocenters. The number of rotatable bonds is 4. The normalized spacial score (nSPS) is 22.6. The molecule has 0 radical (unpaired) electrons. The Morgan fingerprint density at radius 3 is 2.67 bits per heavy atom. The van der Waals surface area contributed by atoms with Gasteiger partial charge in [0, 0.05) is 6.04 Å². The molecular formula is C17H23N3O. The third kappa shape index (κ3) is 2.60. The summed E-state index contributed by atoms with van der Waals surface area (Å²) in [4.78, 5) is 4.72. The molecule has 0 saturated heterocycles. The first-order valence-corrected chi connectivity index (χ1v) is 7.70. The third-order valence-electron chi connectivity index (χ3n) is 4.70. The molecule has 1 heterocycles. The lowest BCUT2D eigenvalue weighted by atomic mass is 9.84. The van der Waals surface area contributed by atoms with E-state index in [2.05, 4.69) is 36.5 Å². The molecule has 1 N–H and O–H groups in total. The van der Waals surface area contributed by atoms with E-state index in [0.717, 1.165) is 18.1 Å². The zero-order chi connectivity index (χ0) is 14.9. The molecule has 112 valence electrons. The average Bonchev–Trinajstić information content (AvgIpc) is 3.16. The molecule has 0 bridgehead atoms. The fraction of sp³-hybridized carbons (Fsp3) is 0.529. The third-order valence-corrected chi connectivity index (χ3v) is 4.70.